The summed E-state index contributed by atoms with van der Waals surface area (Å²) in [5.41, 5.74) is 0. The fourth-order valence-corrected chi connectivity index (χ4v) is 2.72. The Morgan fingerprint density at radius 2 is 2.21 bits per heavy atom. The van der Waals surface area contributed by atoms with Crippen LogP contribution in [0.3, 0.4) is 0 Å². The highest BCUT2D eigenvalue weighted by molar-refractivity contribution is 5.65. The van der Waals surface area contributed by atoms with Crippen LogP contribution < -0.4 is 15.0 Å². The summed E-state index contributed by atoms with van der Waals surface area (Å²) in [5.74, 6) is 3.16. The molecular weight excluding hydrogens is 240 g/mol. The van der Waals surface area contributed by atoms with Crippen LogP contribution in [0.4, 0.5) is 11.6 Å². The Balaban J connectivity index is 2.29. The number of ether oxygens (including phenoxy) is 1. The van der Waals surface area contributed by atoms with Gasteiger partial charge < -0.3 is 15.0 Å². The normalized spacial score (nSPS) is 22.6. The summed E-state index contributed by atoms with van der Waals surface area (Å²) in [6, 6.07) is 0.498. The molecule has 1 aliphatic rings. The van der Waals surface area contributed by atoms with Gasteiger partial charge in [0, 0.05) is 19.1 Å². The standard InChI is InChI=1S/C14H24N4O/c1-5-6-15-13-12(19-4)14(17-9-16-13)18-8-10(2)7-11(18)3/h9-11H,5-8H2,1-4H3,(H,15,16,17). The lowest BCUT2D eigenvalue weighted by Crippen LogP contribution is -2.28. The van der Waals surface area contributed by atoms with E-state index in [1.54, 1.807) is 13.4 Å². The molecule has 2 unspecified atom stereocenters. The number of rotatable bonds is 5. The molecule has 2 rings (SSSR count). The second-order valence-electron chi connectivity index (χ2n) is 5.35. The van der Waals surface area contributed by atoms with Crippen molar-refractivity contribution in [2.24, 2.45) is 5.92 Å². The molecule has 5 nitrogen and oxygen atoms in total. The lowest BCUT2D eigenvalue weighted by atomic mass is 10.1. The Kier molecular flexibility index (Phi) is 4.45. The SMILES string of the molecule is CCCNc1ncnc(N2CC(C)CC2C)c1OC. The average molecular weight is 264 g/mol. The van der Waals surface area contributed by atoms with Crippen LogP contribution in [0.25, 0.3) is 0 Å². The highest BCUT2D eigenvalue weighted by Crippen LogP contribution is 2.36. The Bertz CT molecular complexity index is 424. The zero-order valence-electron chi connectivity index (χ0n) is 12.3. The van der Waals surface area contributed by atoms with E-state index in [0.29, 0.717) is 12.0 Å². The van der Waals surface area contributed by atoms with Gasteiger partial charge in [0.05, 0.1) is 7.11 Å². The first-order valence-electron chi connectivity index (χ1n) is 7.06. The molecule has 0 aliphatic carbocycles. The zero-order valence-corrected chi connectivity index (χ0v) is 12.3. The minimum atomic E-state index is 0.498. The van der Waals surface area contributed by atoms with Gasteiger partial charge in [0.25, 0.3) is 0 Å². The number of methoxy groups -OCH3 is 1. The van der Waals surface area contributed by atoms with Crippen molar-refractivity contribution >= 4 is 11.6 Å². The van der Waals surface area contributed by atoms with Gasteiger partial charge in [-0.15, -0.1) is 0 Å². The van der Waals surface area contributed by atoms with Gasteiger partial charge >= 0.3 is 0 Å². The van der Waals surface area contributed by atoms with Gasteiger partial charge in [-0.2, -0.15) is 0 Å². The lowest BCUT2D eigenvalue weighted by molar-refractivity contribution is 0.411. The molecule has 1 fully saturated rings. The molecule has 1 N–H and O–H groups in total. The first-order chi connectivity index (χ1) is 9.17. The lowest BCUT2D eigenvalue weighted by Gasteiger charge is -2.25. The average Bonchev–Trinajstić information content (AvgIpc) is 2.74. The number of nitrogens with zero attached hydrogens (tertiary/aromatic N) is 3. The molecule has 106 valence electrons. The summed E-state index contributed by atoms with van der Waals surface area (Å²) >= 11 is 0. The van der Waals surface area contributed by atoms with Gasteiger partial charge in [0.2, 0.25) is 5.75 Å². The minimum absolute atomic E-state index is 0.498. The van der Waals surface area contributed by atoms with Crippen molar-refractivity contribution in [2.75, 3.05) is 30.4 Å². The van der Waals surface area contributed by atoms with Crippen LogP contribution in [0.5, 0.6) is 5.75 Å². The Labute approximate surface area is 115 Å². The largest absolute Gasteiger partial charge is 0.490 e. The molecule has 1 aromatic heterocycles. The Morgan fingerprint density at radius 1 is 1.42 bits per heavy atom. The van der Waals surface area contributed by atoms with Crippen molar-refractivity contribution < 1.29 is 4.74 Å². The monoisotopic (exact) mass is 264 g/mol. The molecule has 1 saturated heterocycles. The van der Waals surface area contributed by atoms with Crippen LogP contribution >= 0.6 is 0 Å². The molecule has 0 radical (unpaired) electrons. The van der Waals surface area contributed by atoms with Crippen molar-refractivity contribution in [3.63, 3.8) is 0 Å². The summed E-state index contributed by atoms with van der Waals surface area (Å²) in [6.07, 6.45) is 3.87. The highest BCUT2D eigenvalue weighted by atomic mass is 16.5. The summed E-state index contributed by atoms with van der Waals surface area (Å²) in [7, 11) is 1.68. The van der Waals surface area contributed by atoms with E-state index in [1.165, 1.54) is 6.42 Å². The fraction of sp³-hybridized carbons (Fsp3) is 0.714. The maximum absolute atomic E-state index is 5.54. The molecule has 0 amide bonds. The molecule has 1 aliphatic heterocycles. The molecule has 19 heavy (non-hydrogen) atoms. The van der Waals surface area contributed by atoms with E-state index in [9.17, 15) is 0 Å². The van der Waals surface area contributed by atoms with E-state index in [-0.39, 0.29) is 0 Å². The van der Waals surface area contributed by atoms with Gasteiger partial charge in [0.15, 0.2) is 11.6 Å². The fourth-order valence-electron chi connectivity index (χ4n) is 2.72. The molecule has 0 spiro atoms. The zero-order chi connectivity index (χ0) is 13.8. The maximum Gasteiger partial charge on any atom is 0.204 e. The quantitative estimate of drug-likeness (QED) is 0.885. The van der Waals surface area contributed by atoms with Crippen LogP contribution in [-0.4, -0.2) is 36.2 Å². The predicted octanol–water partition coefficient (Wildman–Crippen LogP) is 2.54. The van der Waals surface area contributed by atoms with E-state index in [4.69, 9.17) is 4.74 Å². The molecule has 2 atom stereocenters. The Hall–Kier alpha value is -1.52. The van der Waals surface area contributed by atoms with Gasteiger partial charge in [-0.1, -0.05) is 13.8 Å². The first-order valence-corrected chi connectivity index (χ1v) is 7.06. The van der Waals surface area contributed by atoms with Gasteiger partial charge in [-0.05, 0) is 25.7 Å². The minimum Gasteiger partial charge on any atom is -0.490 e. The number of anilines is 2. The molecule has 0 aromatic carbocycles. The van der Waals surface area contributed by atoms with Gasteiger partial charge in [-0.3, -0.25) is 0 Å². The molecule has 1 aromatic rings. The van der Waals surface area contributed by atoms with Crippen molar-refractivity contribution in [3.05, 3.63) is 6.33 Å². The third kappa shape index (κ3) is 2.91. The van der Waals surface area contributed by atoms with E-state index in [2.05, 4.69) is 41.0 Å². The smallest absolute Gasteiger partial charge is 0.204 e. The Morgan fingerprint density at radius 3 is 2.79 bits per heavy atom. The number of hydrogen-bond donors (Lipinski definition) is 1. The second kappa shape index (κ2) is 6.08. The van der Waals surface area contributed by atoms with Crippen molar-refractivity contribution in [2.45, 2.75) is 39.7 Å². The van der Waals surface area contributed by atoms with Crippen molar-refractivity contribution in [3.8, 4) is 5.75 Å². The van der Waals surface area contributed by atoms with E-state index in [0.717, 1.165) is 36.9 Å². The maximum atomic E-state index is 5.54. The number of aromatic nitrogens is 2. The van der Waals surface area contributed by atoms with Crippen LogP contribution in [0.2, 0.25) is 0 Å². The third-order valence-electron chi connectivity index (χ3n) is 3.59. The van der Waals surface area contributed by atoms with Crippen molar-refractivity contribution in [1.29, 1.82) is 0 Å². The molecular formula is C14H24N4O. The highest BCUT2D eigenvalue weighted by Gasteiger charge is 2.30. The van der Waals surface area contributed by atoms with E-state index >= 15 is 0 Å². The van der Waals surface area contributed by atoms with E-state index < -0.39 is 0 Å². The second-order valence-corrected chi connectivity index (χ2v) is 5.35. The van der Waals surface area contributed by atoms with Crippen molar-refractivity contribution in [1.82, 2.24) is 9.97 Å². The topological polar surface area (TPSA) is 50.3 Å². The summed E-state index contributed by atoms with van der Waals surface area (Å²) in [4.78, 5) is 11.0. The molecule has 0 saturated carbocycles. The van der Waals surface area contributed by atoms with E-state index in [1.807, 2.05) is 0 Å². The summed E-state index contributed by atoms with van der Waals surface area (Å²) in [6.45, 7) is 8.57. The predicted molar refractivity (Wildman–Crippen MR) is 78.0 cm³/mol. The number of nitrogens with one attached hydrogen (secondary N) is 1. The molecule has 2 heterocycles. The van der Waals surface area contributed by atoms with Gasteiger partial charge in [0.1, 0.15) is 6.33 Å². The number of hydrogen-bond acceptors (Lipinski definition) is 5. The first kappa shape index (κ1) is 13.9. The summed E-state index contributed by atoms with van der Waals surface area (Å²) in [5, 5.41) is 3.30. The van der Waals surface area contributed by atoms with Crippen LogP contribution in [0.1, 0.15) is 33.6 Å². The molecule has 5 heteroatoms. The van der Waals surface area contributed by atoms with Crippen LogP contribution in [-0.2, 0) is 0 Å². The molecule has 0 bridgehead atoms. The summed E-state index contributed by atoms with van der Waals surface area (Å²) < 4.78 is 5.54. The third-order valence-corrected chi connectivity index (χ3v) is 3.59. The van der Waals surface area contributed by atoms with Gasteiger partial charge in [-0.25, -0.2) is 9.97 Å². The van der Waals surface area contributed by atoms with Crippen LogP contribution in [0.15, 0.2) is 6.33 Å². The van der Waals surface area contributed by atoms with Crippen LogP contribution in [0, 0.1) is 5.92 Å².